The number of halogens is 1. The molecule has 2 aromatic rings. The zero-order valence-electron chi connectivity index (χ0n) is 15.9. The van der Waals surface area contributed by atoms with Crippen LogP contribution in [0.5, 0.6) is 0 Å². The predicted molar refractivity (Wildman–Crippen MR) is 103 cm³/mol. The summed E-state index contributed by atoms with van der Waals surface area (Å²) in [7, 11) is 1.62. The van der Waals surface area contributed by atoms with Crippen molar-refractivity contribution in [3.63, 3.8) is 0 Å². The van der Waals surface area contributed by atoms with Crippen molar-refractivity contribution in [3.05, 3.63) is 71.0 Å². The molecule has 2 amide bonds. The predicted octanol–water partition coefficient (Wildman–Crippen LogP) is 2.59. The minimum absolute atomic E-state index is 0.182. The van der Waals surface area contributed by atoms with Crippen molar-refractivity contribution in [1.29, 1.82) is 5.26 Å². The van der Waals surface area contributed by atoms with Crippen LogP contribution in [0.2, 0.25) is 0 Å². The van der Waals surface area contributed by atoms with Gasteiger partial charge in [0.15, 0.2) is 0 Å². The number of amides is 2. The lowest BCUT2D eigenvalue weighted by Gasteiger charge is -2.44. The number of benzene rings is 2. The Balaban J connectivity index is 1.86. The van der Waals surface area contributed by atoms with E-state index in [1.54, 1.807) is 37.4 Å². The van der Waals surface area contributed by atoms with Gasteiger partial charge in [0, 0.05) is 19.9 Å². The molecule has 3 rings (SSSR count). The van der Waals surface area contributed by atoms with Crippen LogP contribution >= 0.6 is 0 Å². The summed E-state index contributed by atoms with van der Waals surface area (Å²) in [5.41, 5.74) is 0.940. The second-order valence-corrected chi connectivity index (χ2v) is 7.13. The number of carbonyl (C=O) groups is 2. The van der Waals surface area contributed by atoms with Gasteiger partial charge in [0.05, 0.1) is 11.6 Å². The fraction of sp³-hybridized carbons (Fsp3) is 0.318. The van der Waals surface area contributed by atoms with Crippen LogP contribution in [-0.2, 0) is 22.4 Å². The summed E-state index contributed by atoms with van der Waals surface area (Å²) in [5.74, 6) is -0.779. The van der Waals surface area contributed by atoms with Crippen molar-refractivity contribution in [2.45, 2.75) is 37.8 Å². The van der Waals surface area contributed by atoms with Crippen LogP contribution in [0, 0.1) is 17.1 Å². The van der Waals surface area contributed by atoms with Crippen LogP contribution in [0.3, 0.4) is 0 Å². The van der Waals surface area contributed by atoms with E-state index in [2.05, 4.69) is 11.4 Å². The van der Waals surface area contributed by atoms with Crippen molar-refractivity contribution >= 4 is 11.8 Å². The molecule has 0 bridgehead atoms. The Morgan fingerprint density at radius 2 is 1.86 bits per heavy atom. The molecule has 144 valence electrons. The van der Waals surface area contributed by atoms with Gasteiger partial charge < -0.3 is 10.2 Å². The molecule has 2 unspecified atom stereocenters. The number of nitrogens with zero attached hydrogens (tertiary/aromatic N) is 2. The fourth-order valence-electron chi connectivity index (χ4n) is 3.71. The van der Waals surface area contributed by atoms with E-state index in [4.69, 9.17) is 0 Å². The molecular weight excluding hydrogens is 357 g/mol. The summed E-state index contributed by atoms with van der Waals surface area (Å²) in [4.78, 5) is 27.6. The van der Waals surface area contributed by atoms with Gasteiger partial charge in [-0.15, -0.1) is 0 Å². The first kappa shape index (κ1) is 19.6. The average molecular weight is 379 g/mol. The number of rotatable bonds is 5. The molecule has 28 heavy (non-hydrogen) atoms. The summed E-state index contributed by atoms with van der Waals surface area (Å²) in [6.07, 6.45) is 0.981. The highest BCUT2D eigenvalue weighted by Crippen LogP contribution is 2.27. The van der Waals surface area contributed by atoms with Gasteiger partial charge in [-0.05, 0) is 35.7 Å². The van der Waals surface area contributed by atoms with Gasteiger partial charge in [-0.1, -0.05) is 37.3 Å². The molecule has 0 aliphatic carbocycles. The molecule has 5 nitrogen and oxygen atoms in total. The topological polar surface area (TPSA) is 73.2 Å². The second kappa shape index (κ2) is 7.81. The maximum Gasteiger partial charge on any atom is 0.249 e. The van der Waals surface area contributed by atoms with Crippen molar-refractivity contribution in [2.75, 3.05) is 7.05 Å². The first-order chi connectivity index (χ1) is 13.4. The summed E-state index contributed by atoms with van der Waals surface area (Å²) in [6.45, 7) is 1.85. The highest BCUT2D eigenvalue weighted by atomic mass is 19.1. The molecule has 0 saturated carbocycles. The molecule has 1 aliphatic rings. The Morgan fingerprint density at radius 1 is 1.18 bits per heavy atom. The highest BCUT2D eigenvalue weighted by Gasteiger charge is 2.48. The molecule has 1 aliphatic heterocycles. The number of nitriles is 1. The zero-order chi connectivity index (χ0) is 20.3. The third-order valence-corrected chi connectivity index (χ3v) is 5.44. The standard InChI is InChI=1S/C22H22FN3O2/c1-3-22(13-15-8-10-18(23)11-9-15)21(28)26(2)19(20(27)25-22)12-16-6-4-5-7-17(16)14-24/h4-11,19H,3,12-13H2,1-2H3,(H,25,27). The molecule has 0 spiro atoms. The normalized spacial score (nSPS) is 21.9. The van der Waals surface area contributed by atoms with Gasteiger partial charge in [-0.2, -0.15) is 5.26 Å². The Morgan fingerprint density at radius 3 is 2.50 bits per heavy atom. The van der Waals surface area contributed by atoms with E-state index in [-0.39, 0.29) is 24.1 Å². The van der Waals surface area contributed by atoms with Crippen LogP contribution < -0.4 is 5.32 Å². The molecule has 2 aromatic carbocycles. The molecule has 6 heteroatoms. The molecule has 1 fully saturated rings. The van der Waals surface area contributed by atoms with Gasteiger partial charge in [0.1, 0.15) is 17.4 Å². The quantitative estimate of drug-likeness (QED) is 0.868. The lowest BCUT2D eigenvalue weighted by atomic mass is 9.83. The number of hydrogen-bond acceptors (Lipinski definition) is 3. The molecule has 1 N–H and O–H groups in total. The number of likely N-dealkylation sites (N-methyl/N-ethyl adjacent to an activating group) is 1. The van der Waals surface area contributed by atoms with E-state index in [9.17, 15) is 19.2 Å². The molecule has 2 atom stereocenters. The van der Waals surface area contributed by atoms with Crippen LogP contribution in [-0.4, -0.2) is 35.3 Å². The van der Waals surface area contributed by atoms with Crippen LogP contribution in [0.4, 0.5) is 4.39 Å². The van der Waals surface area contributed by atoms with Gasteiger partial charge in [0.25, 0.3) is 0 Å². The van der Waals surface area contributed by atoms with E-state index in [1.807, 2.05) is 13.0 Å². The Kier molecular flexibility index (Phi) is 5.46. The number of carbonyl (C=O) groups excluding carboxylic acids is 2. The van der Waals surface area contributed by atoms with E-state index in [1.165, 1.54) is 17.0 Å². The van der Waals surface area contributed by atoms with E-state index in [0.717, 1.165) is 11.1 Å². The summed E-state index contributed by atoms with van der Waals surface area (Å²) in [6, 6.07) is 14.5. The van der Waals surface area contributed by atoms with Crippen LogP contribution in [0.25, 0.3) is 0 Å². The van der Waals surface area contributed by atoms with Gasteiger partial charge in [-0.3, -0.25) is 9.59 Å². The van der Waals surface area contributed by atoms with Crippen molar-refractivity contribution in [2.24, 2.45) is 0 Å². The summed E-state index contributed by atoms with van der Waals surface area (Å²) >= 11 is 0. The Labute approximate surface area is 163 Å². The van der Waals surface area contributed by atoms with E-state index >= 15 is 0 Å². The smallest absolute Gasteiger partial charge is 0.249 e. The van der Waals surface area contributed by atoms with E-state index < -0.39 is 11.6 Å². The van der Waals surface area contributed by atoms with Gasteiger partial charge in [0.2, 0.25) is 11.8 Å². The zero-order valence-corrected chi connectivity index (χ0v) is 15.9. The van der Waals surface area contributed by atoms with Crippen LogP contribution in [0.15, 0.2) is 48.5 Å². The van der Waals surface area contributed by atoms with E-state index in [0.29, 0.717) is 18.4 Å². The number of piperazine rings is 1. The number of nitrogens with one attached hydrogen (secondary N) is 1. The number of hydrogen-bond donors (Lipinski definition) is 1. The molecule has 1 saturated heterocycles. The minimum atomic E-state index is -1.06. The monoisotopic (exact) mass is 379 g/mol. The van der Waals surface area contributed by atoms with Crippen LogP contribution in [0.1, 0.15) is 30.0 Å². The second-order valence-electron chi connectivity index (χ2n) is 7.13. The molecule has 1 heterocycles. The Bertz CT molecular complexity index is 936. The maximum absolute atomic E-state index is 13.2. The lowest BCUT2D eigenvalue weighted by molar-refractivity contribution is -0.153. The van der Waals surface area contributed by atoms with Crippen molar-refractivity contribution in [1.82, 2.24) is 10.2 Å². The average Bonchev–Trinajstić information content (AvgIpc) is 2.71. The maximum atomic E-state index is 13.2. The third-order valence-electron chi connectivity index (χ3n) is 5.44. The van der Waals surface area contributed by atoms with Crippen molar-refractivity contribution in [3.8, 4) is 6.07 Å². The Hall–Kier alpha value is -3.20. The first-order valence-electron chi connectivity index (χ1n) is 9.22. The fourth-order valence-corrected chi connectivity index (χ4v) is 3.71. The third kappa shape index (κ3) is 3.61. The molecule has 0 aromatic heterocycles. The largest absolute Gasteiger partial charge is 0.340 e. The first-order valence-corrected chi connectivity index (χ1v) is 9.22. The lowest BCUT2D eigenvalue weighted by Crippen LogP contribution is -2.70. The highest BCUT2D eigenvalue weighted by molar-refractivity contribution is 6.00. The minimum Gasteiger partial charge on any atom is -0.340 e. The van der Waals surface area contributed by atoms with Gasteiger partial charge in [-0.25, -0.2) is 4.39 Å². The van der Waals surface area contributed by atoms with Crippen molar-refractivity contribution < 1.29 is 14.0 Å². The summed E-state index contributed by atoms with van der Waals surface area (Å²) < 4.78 is 13.2. The molecular formula is C22H22FN3O2. The summed E-state index contributed by atoms with van der Waals surface area (Å²) in [5, 5.41) is 12.2. The SMILES string of the molecule is CCC1(Cc2ccc(F)cc2)NC(=O)C(Cc2ccccc2C#N)N(C)C1=O. The van der Waals surface area contributed by atoms with Gasteiger partial charge >= 0.3 is 0 Å². The molecule has 0 radical (unpaired) electrons.